The second-order valence-corrected chi connectivity index (χ2v) is 5.31. The predicted molar refractivity (Wildman–Crippen MR) is 62.3 cm³/mol. The van der Waals surface area contributed by atoms with Crippen LogP contribution in [0, 0.1) is 17.8 Å². The molecule has 0 spiro atoms. The molecule has 0 radical (unpaired) electrons. The molecule has 2 heteroatoms. The van der Waals surface area contributed by atoms with E-state index in [-0.39, 0.29) is 0 Å². The van der Waals surface area contributed by atoms with Crippen molar-refractivity contribution in [2.24, 2.45) is 17.8 Å². The fourth-order valence-corrected chi connectivity index (χ4v) is 2.71. The van der Waals surface area contributed by atoms with Gasteiger partial charge in [0.1, 0.15) is 0 Å². The van der Waals surface area contributed by atoms with Crippen molar-refractivity contribution in [3.63, 3.8) is 0 Å². The Kier molecular flexibility index (Phi) is 4.31. The molecule has 72 valence electrons. The normalized spacial score (nSPS) is 39.5. The second-order valence-electron chi connectivity index (χ2n) is 4.28. The molecule has 0 aromatic rings. The fourth-order valence-electron chi connectivity index (χ4n) is 2.00. The number of thiol groups is 2. The van der Waals surface area contributed by atoms with E-state index in [0.29, 0.717) is 5.25 Å². The summed E-state index contributed by atoms with van der Waals surface area (Å²) in [5.74, 6) is 3.49. The van der Waals surface area contributed by atoms with Crippen LogP contribution in [-0.2, 0) is 0 Å². The molecule has 0 saturated heterocycles. The van der Waals surface area contributed by atoms with Crippen molar-refractivity contribution in [2.75, 3.05) is 5.75 Å². The van der Waals surface area contributed by atoms with Crippen molar-refractivity contribution in [3.05, 3.63) is 0 Å². The minimum Gasteiger partial charge on any atom is -0.179 e. The summed E-state index contributed by atoms with van der Waals surface area (Å²) in [6.45, 7) is 4.63. The molecule has 1 aliphatic rings. The Balaban J connectivity index is 2.39. The van der Waals surface area contributed by atoms with Crippen molar-refractivity contribution < 1.29 is 0 Å². The third kappa shape index (κ3) is 2.59. The summed E-state index contributed by atoms with van der Waals surface area (Å²) in [5.41, 5.74) is 0. The molecule has 1 aliphatic carbocycles. The largest absolute Gasteiger partial charge is 0.179 e. The van der Waals surface area contributed by atoms with E-state index in [1.54, 1.807) is 0 Å². The molecule has 4 unspecified atom stereocenters. The van der Waals surface area contributed by atoms with Gasteiger partial charge in [0.15, 0.2) is 0 Å². The Bertz CT molecular complexity index is 136. The third-order valence-corrected chi connectivity index (χ3v) is 4.58. The third-order valence-electron chi connectivity index (χ3n) is 3.29. The summed E-state index contributed by atoms with van der Waals surface area (Å²) in [4.78, 5) is 0. The molecular weight excluding hydrogens is 184 g/mol. The van der Waals surface area contributed by atoms with Gasteiger partial charge < -0.3 is 0 Å². The molecule has 0 nitrogen and oxygen atoms in total. The monoisotopic (exact) mass is 204 g/mol. The van der Waals surface area contributed by atoms with Gasteiger partial charge in [0.25, 0.3) is 0 Å². The van der Waals surface area contributed by atoms with Crippen LogP contribution in [-0.4, -0.2) is 11.0 Å². The quantitative estimate of drug-likeness (QED) is 0.634. The molecule has 0 aromatic heterocycles. The van der Waals surface area contributed by atoms with Gasteiger partial charge in [-0.1, -0.05) is 13.8 Å². The minimum atomic E-state index is 0.631. The Morgan fingerprint density at radius 1 is 1.42 bits per heavy atom. The van der Waals surface area contributed by atoms with Crippen LogP contribution in [0.2, 0.25) is 0 Å². The van der Waals surface area contributed by atoms with Gasteiger partial charge in [0.05, 0.1) is 0 Å². The maximum Gasteiger partial charge on any atom is 0.00451 e. The highest BCUT2D eigenvalue weighted by atomic mass is 32.1. The van der Waals surface area contributed by atoms with Gasteiger partial charge >= 0.3 is 0 Å². The fraction of sp³-hybridized carbons (Fsp3) is 1.00. The Morgan fingerprint density at radius 2 is 2.08 bits per heavy atom. The maximum atomic E-state index is 4.62. The first-order chi connectivity index (χ1) is 5.65. The smallest absolute Gasteiger partial charge is 0.00451 e. The topological polar surface area (TPSA) is 0 Å². The summed E-state index contributed by atoms with van der Waals surface area (Å²) < 4.78 is 0. The van der Waals surface area contributed by atoms with E-state index in [1.165, 1.54) is 19.3 Å². The number of hydrogen-bond donors (Lipinski definition) is 2. The van der Waals surface area contributed by atoms with Gasteiger partial charge in [-0.2, -0.15) is 25.3 Å². The Morgan fingerprint density at radius 3 is 2.58 bits per heavy atom. The summed E-state index contributed by atoms with van der Waals surface area (Å²) in [6, 6.07) is 0. The summed E-state index contributed by atoms with van der Waals surface area (Å²) >= 11 is 8.98. The molecule has 0 heterocycles. The summed E-state index contributed by atoms with van der Waals surface area (Å²) in [6.07, 6.45) is 4.04. The zero-order valence-electron chi connectivity index (χ0n) is 8.03. The average molecular weight is 204 g/mol. The highest BCUT2D eigenvalue weighted by molar-refractivity contribution is 7.81. The lowest BCUT2D eigenvalue weighted by atomic mass is 9.77. The van der Waals surface area contributed by atoms with E-state index in [4.69, 9.17) is 0 Å². The highest BCUT2D eigenvalue weighted by Crippen LogP contribution is 2.36. The van der Waals surface area contributed by atoms with Gasteiger partial charge in [0.2, 0.25) is 0 Å². The molecule has 1 fully saturated rings. The van der Waals surface area contributed by atoms with Gasteiger partial charge in [-0.05, 0) is 42.8 Å². The number of hydrogen-bond acceptors (Lipinski definition) is 2. The number of rotatable bonds is 2. The van der Waals surface area contributed by atoms with Crippen LogP contribution < -0.4 is 0 Å². The van der Waals surface area contributed by atoms with E-state index in [1.807, 2.05) is 0 Å². The van der Waals surface area contributed by atoms with E-state index in [2.05, 4.69) is 39.1 Å². The van der Waals surface area contributed by atoms with Gasteiger partial charge in [0, 0.05) is 5.25 Å². The van der Waals surface area contributed by atoms with E-state index >= 15 is 0 Å². The zero-order valence-corrected chi connectivity index (χ0v) is 9.82. The lowest BCUT2D eigenvalue weighted by Crippen LogP contribution is -2.27. The van der Waals surface area contributed by atoms with E-state index in [0.717, 1.165) is 23.5 Å². The van der Waals surface area contributed by atoms with Crippen molar-refractivity contribution in [2.45, 2.75) is 38.4 Å². The SMILES string of the molecule is CC1CCC(C(C)CS)CC1S. The van der Waals surface area contributed by atoms with Crippen molar-refractivity contribution >= 4 is 25.3 Å². The summed E-state index contributed by atoms with van der Waals surface area (Å²) in [7, 11) is 0. The van der Waals surface area contributed by atoms with Gasteiger partial charge in [-0.3, -0.25) is 0 Å². The van der Waals surface area contributed by atoms with Crippen LogP contribution in [0.5, 0.6) is 0 Å². The molecular formula is C10H20S2. The van der Waals surface area contributed by atoms with Gasteiger partial charge in [-0.15, -0.1) is 0 Å². The van der Waals surface area contributed by atoms with Crippen molar-refractivity contribution in [1.82, 2.24) is 0 Å². The second kappa shape index (κ2) is 4.80. The Hall–Kier alpha value is 0.700. The standard InChI is InChI=1S/C10H20S2/c1-7-3-4-9(5-10(7)12)8(2)6-11/h7-12H,3-6H2,1-2H3. The predicted octanol–water partition coefficient (Wildman–Crippen LogP) is 3.29. The maximum absolute atomic E-state index is 4.62. The molecule has 1 saturated carbocycles. The van der Waals surface area contributed by atoms with Crippen LogP contribution in [0.3, 0.4) is 0 Å². The summed E-state index contributed by atoms with van der Waals surface area (Å²) in [5, 5.41) is 0.631. The molecule has 0 N–H and O–H groups in total. The average Bonchev–Trinajstić information content (AvgIpc) is 2.08. The Labute approximate surface area is 87.3 Å². The molecule has 0 amide bonds. The minimum absolute atomic E-state index is 0.631. The lowest BCUT2D eigenvalue weighted by Gasteiger charge is -2.34. The lowest BCUT2D eigenvalue weighted by molar-refractivity contribution is 0.246. The van der Waals surface area contributed by atoms with Gasteiger partial charge in [-0.25, -0.2) is 0 Å². The van der Waals surface area contributed by atoms with Crippen molar-refractivity contribution in [3.8, 4) is 0 Å². The first kappa shape index (κ1) is 10.8. The molecule has 0 aromatic carbocycles. The van der Waals surface area contributed by atoms with Crippen molar-refractivity contribution in [1.29, 1.82) is 0 Å². The first-order valence-electron chi connectivity index (χ1n) is 4.94. The molecule has 0 aliphatic heterocycles. The molecule has 1 rings (SSSR count). The zero-order chi connectivity index (χ0) is 9.14. The van der Waals surface area contributed by atoms with Crippen LogP contribution in [0.1, 0.15) is 33.1 Å². The van der Waals surface area contributed by atoms with E-state index in [9.17, 15) is 0 Å². The molecule has 12 heavy (non-hydrogen) atoms. The molecule has 0 bridgehead atoms. The van der Waals surface area contributed by atoms with Crippen LogP contribution >= 0.6 is 25.3 Å². The highest BCUT2D eigenvalue weighted by Gasteiger charge is 2.27. The van der Waals surface area contributed by atoms with Crippen LogP contribution in [0.15, 0.2) is 0 Å². The van der Waals surface area contributed by atoms with E-state index < -0.39 is 0 Å². The van der Waals surface area contributed by atoms with Crippen LogP contribution in [0.25, 0.3) is 0 Å². The first-order valence-corrected chi connectivity index (χ1v) is 6.09. The molecule has 4 atom stereocenters. The van der Waals surface area contributed by atoms with Crippen LogP contribution in [0.4, 0.5) is 0 Å².